The van der Waals surface area contributed by atoms with E-state index in [9.17, 15) is 4.79 Å². The van der Waals surface area contributed by atoms with Crippen molar-refractivity contribution in [1.82, 2.24) is 24.5 Å². The zero-order valence-electron chi connectivity index (χ0n) is 13.7. The van der Waals surface area contributed by atoms with E-state index in [2.05, 4.69) is 20.4 Å². The van der Waals surface area contributed by atoms with E-state index < -0.39 is 0 Å². The highest BCUT2D eigenvalue weighted by atomic mass is 32.2. The Morgan fingerprint density at radius 1 is 1.48 bits per heavy atom. The largest absolute Gasteiger partial charge is 0.310 e. The van der Waals surface area contributed by atoms with Crippen molar-refractivity contribution in [1.29, 1.82) is 0 Å². The van der Waals surface area contributed by atoms with Crippen molar-refractivity contribution < 1.29 is 4.79 Å². The number of carbonyl (C=O) groups excluding carboxylic acids is 1. The number of aryl methyl sites for hydroxylation is 3. The lowest BCUT2D eigenvalue weighted by Crippen LogP contribution is -2.41. The van der Waals surface area contributed by atoms with Crippen LogP contribution in [0.15, 0.2) is 18.5 Å². The molecule has 124 valence electrons. The molecule has 2 aromatic heterocycles. The first-order valence-corrected chi connectivity index (χ1v) is 8.79. The Labute approximate surface area is 140 Å². The predicted octanol–water partition coefficient (Wildman–Crippen LogP) is 1.19. The zero-order valence-corrected chi connectivity index (χ0v) is 14.5. The van der Waals surface area contributed by atoms with Gasteiger partial charge < -0.3 is 5.32 Å². The summed E-state index contributed by atoms with van der Waals surface area (Å²) >= 11 is 1.92. The van der Waals surface area contributed by atoms with Crippen LogP contribution in [0.3, 0.4) is 0 Å². The molecule has 1 saturated heterocycles. The number of rotatable bonds is 4. The highest BCUT2D eigenvalue weighted by molar-refractivity contribution is 7.99. The highest BCUT2D eigenvalue weighted by Gasteiger charge is 2.27. The maximum atomic E-state index is 12.4. The summed E-state index contributed by atoms with van der Waals surface area (Å²) in [4.78, 5) is 14.6. The van der Waals surface area contributed by atoms with Gasteiger partial charge in [-0.15, -0.1) is 0 Å². The molecule has 0 aliphatic carbocycles. The van der Waals surface area contributed by atoms with Crippen molar-refractivity contribution >= 4 is 23.5 Å². The summed E-state index contributed by atoms with van der Waals surface area (Å²) in [6, 6.07) is 2.12. The minimum Gasteiger partial charge on any atom is -0.310 e. The van der Waals surface area contributed by atoms with Crippen LogP contribution in [-0.2, 0) is 18.9 Å². The van der Waals surface area contributed by atoms with E-state index >= 15 is 0 Å². The van der Waals surface area contributed by atoms with Crippen molar-refractivity contribution in [2.45, 2.75) is 13.0 Å². The molecule has 1 fully saturated rings. The molecule has 23 heavy (non-hydrogen) atoms. The number of anilines is 1. The van der Waals surface area contributed by atoms with Gasteiger partial charge in [-0.2, -0.15) is 22.0 Å². The van der Waals surface area contributed by atoms with Crippen molar-refractivity contribution in [2.24, 2.45) is 14.1 Å². The third-order valence-electron chi connectivity index (χ3n) is 3.97. The molecule has 0 unspecified atom stereocenters. The van der Waals surface area contributed by atoms with E-state index in [4.69, 9.17) is 0 Å². The summed E-state index contributed by atoms with van der Waals surface area (Å²) in [7, 11) is 3.75. The summed E-state index contributed by atoms with van der Waals surface area (Å²) in [6.07, 6.45) is 3.93. The highest BCUT2D eigenvalue weighted by Crippen LogP contribution is 2.29. The van der Waals surface area contributed by atoms with Crippen molar-refractivity contribution in [3.63, 3.8) is 0 Å². The lowest BCUT2D eigenvalue weighted by atomic mass is 10.1. The first-order valence-electron chi connectivity index (χ1n) is 7.64. The summed E-state index contributed by atoms with van der Waals surface area (Å²) in [5, 5.41) is 11.5. The fourth-order valence-corrected chi connectivity index (χ4v) is 4.00. The number of thioether (sulfide) groups is 1. The van der Waals surface area contributed by atoms with Gasteiger partial charge in [-0.1, -0.05) is 0 Å². The molecule has 0 spiro atoms. The van der Waals surface area contributed by atoms with E-state index in [0.29, 0.717) is 6.54 Å². The predicted molar refractivity (Wildman–Crippen MR) is 91.4 cm³/mol. The topological polar surface area (TPSA) is 68.0 Å². The average Bonchev–Trinajstić information content (AvgIpc) is 3.05. The number of nitrogens with zero attached hydrogens (tertiary/aromatic N) is 5. The number of hydrogen-bond donors (Lipinski definition) is 1. The second kappa shape index (κ2) is 6.76. The monoisotopic (exact) mass is 334 g/mol. The summed E-state index contributed by atoms with van der Waals surface area (Å²) < 4.78 is 3.50. The van der Waals surface area contributed by atoms with Gasteiger partial charge in [0, 0.05) is 56.0 Å². The first kappa shape index (κ1) is 16.1. The maximum absolute atomic E-state index is 12.4. The Kier molecular flexibility index (Phi) is 4.72. The van der Waals surface area contributed by atoms with Gasteiger partial charge in [-0.3, -0.25) is 19.1 Å². The van der Waals surface area contributed by atoms with Crippen LogP contribution in [0.5, 0.6) is 0 Å². The quantitative estimate of drug-likeness (QED) is 0.910. The Morgan fingerprint density at radius 2 is 2.30 bits per heavy atom. The van der Waals surface area contributed by atoms with E-state index in [1.54, 1.807) is 4.68 Å². The van der Waals surface area contributed by atoms with Gasteiger partial charge >= 0.3 is 0 Å². The second-order valence-electron chi connectivity index (χ2n) is 5.85. The lowest BCUT2D eigenvalue weighted by Gasteiger charge is -2.34. The van der Waals surface area contributed by atoms with Crippen LogP contribution in [0.4, 0.5) is 5.82 Å². The molecule has 1 aliphatic rings. The minimum atomic E-state index is -0.00575. The summed E-state index contributed by atoms with van der Waals surface area (Å²) in [6.45, 7) is 3.20. The van der Waals surface area contributed by atoms with Gasteiger partial charge in [0.15, 0.2) is 0 Å². The van der Waals surface area contributed by atoms with Crippen LogP contribution in [0.1, 0.15) is 17.3 Å². The molecule has 3 heterocycles. The Bertz CT molecular complexity index is 694. The van der Waals surface area contributed by atoms with Crippen LogP contribution in [-0.4, -0.2) is 55.0 Å². The van der Waals surface area contributed by atoms with Crippen molar-refractivity contribution in [2.75, 3.05) is 29.9 Å². The second-order valence-corrected chi connectivity index (χ2v) is 7.00. The normalized spacial score (nSPS) is 19.0. The van der Waals surface area contributed by atoms with Crippen LogP contribution >= 0.6 is 11.8 Å². The standard InChI is InChI=1S/C15H22N6OS/c1-11-6-14(20(3)18-11)17-15(22)9-21-4-5-23-10-13(21)12-7-16-19(2)8-12/h6-8,13H,4-5,9-10H2,1-3H3,(H,17,22)/t13-/m0/s1. The third-order valence-corrected chi connectivity index (χ3v) is 4.99. The van der Waals surface area contributed by atoms with Gasteiger partial charge in [0.2, 0.25) is 5.91 Å². The van der Waals surface area contributed by atoms with E-state index in [-0.39, 0.29) is 11.9 Å². The molecule has 1 amide bonds. The Morgan fingerprint density at radius 3 is 2.96 bits per heavy atom. The molecule has 7 nitrogen and oxygen atoms in total. The van der Waals surface area contributed by atoms with E-state index in [1.165, 1.54) is 5.56 Å². The van der Waals surface area contributed by atoms with Crippen LogP contribution in [0.25, 0.3) is 0 Å². The molecule has 1 aliphatic heterocycles. The number of nitrogens with one attached hydrogen (secondary N) is 1. The molecular weight excluding hydrogens is 312 g/mol. The van der Waals surface area contributed by atoms with E-state index in [0.717, 1.165) is 29.6 Å². The van der Waals surface area contributed by atoms with Crippen LogP contribution < -0.4 is 5.32 Å². The van der Waals surface area contributed by atoms with Crippen LogP contribution in [0, 0.1) is 6.92 Å². The number of hydrogen-bond acceptors (Lipinski definition) is 5. The smallest absolute Gasteiger partial charge is 0.239 e. The zero-order chi connectivity index (χ0) is 16.4. The van der Waals surface area contributed by atoms with E-state index in [1.807, 2.05) is 55.9 Å². The number of carbonyl (C=O) groups is 1. The van der Waals surface area contributed by atoms with Crippen molar-refractivity contribution in [3.8, 4) is 0 Å². The van der Waals surface area contributed by atoms with Gasteiger partial charge in [0.05, 0.1) is 18.4 Å². The van der Waals surface area contributed by atoms with Gasteiger partial charge in [-0.05, 0) is 6.92 Å². The molecule has 0 saturated carbocycles. The first-order chi connectivity index (χ1) is 11.0. The molecule has 0 radical (unpaired) electrons. The third kappa shape index (κ3) is 3.76. The molecule has 0 bridgehead atoms. The molecule has 8 heteroatoms. The lowest BCUT2D eigenvalue weighted by molar-refractivity contribution is -0.117. The number of amides is 1. The van der Waals surface area contributed by atoms with Gasteiger partial charge in [0.1, 0.15) is 5.82 Å². The molecule has 3 rings (SSSR count). The SMILES string of the molecule is Cc1cc(NC(=O)CN2CCSC[C@H]2c2cnn(C)c2)n(C)n1. The molecule has 1 N–H and O–H groups in total. The van der Waals surface area contributed by atoms with Gasteiger partial charge in [-0.25, -0.2) is 0 Å². The van der Waals surface area contributed by atoms with Crippen molar-refractivity contribution in [3.05, 3.63) is 29.7 Å². The average molecular weight is 334 g/mol. The molecule has 0 aromatic carbocycles. The fourth-order valence-electron chi connectivity index (χ4n) is 2.84. The summed E-state index contributed by atoms with van der Waals surface area (Å²) in [5.74, 6) is 2.77. The molecule has 1 atom stereocenters. The summed E-state index contributed by atoms with van der Waals surface area (Å²) in [5.41, 5.74) is 2.06. The van der Waals surface area contributed by atoms with Gasteiger partial charge in [0.25, 0.3) is 0 Å². The fraction of sp³-hybridized carbons (Fsp3) is 0.533. The number of aromatic nitrogens is 4. The molecule has 2 aromatic rings. The Balaban J connectivity index is 1.67. The maximum Gasteiger partial charge on any atom is 0.239 e. The minimum absolute atomic E-state index is 0.00575. The molecular formula is C15H22N6OS. The van der Waals surface area contributed by atoms with Crippen LogP contribution in [0.2, 0.25) is 0 Å². The Hall–Kier alpha value is -1.80.